The summed E-state index contributed by atoms with van der Waals surface area (Å²) in [6, 6.07) is 2.50. The molecule has 0 aliphatic heterocycles. The van der Waals surface area contributed by atoms with Gasteiger partial charge < -0.3 is 19.6 Å². The Morgan fingerprint density at radius 1 is 1.11 bits per heavy atom. The third-order valence-electron chi connectivity index (χ3n) is 4.56. The molecule has 2 atom stereocenters. The normalized spacial score (nSPS) is 13.4. The number of aryl methyl sites for hydroxylation is 2. The zero-order valence-electron chi connectivity index (χ0n) is 16.4. The van der Waals surface area contributed by atoms with Crippen LogP contribution in [0.4, 0.5) is 0 Å². The highest BCUT2D eigenvalue weighted by molar-refractivity contribution is 5.90. The molecule has 0 aliphatic rings. The summed E-state index contributed by atoms with van der Waals surface area (Å²) in [6.45, 7) is 10.3. The number of carbonyl (C=O) groups excluding carboxylic acids is 1. The van der Waals surface area contributed by atoms with Gasteiger partial charge in [-0.1, -0.05) is 13.8 Å². The molecule has 2 N–H and O–H groups in total. The Kier molecular flexibility index (Phi) is 5.93. The van der Waals surface area contributed by atoms with E-state index in [1.165, 1.54) is 0 Å². The molecular weight excluding hydrogens is 350 g/mol. The third kappa shape index (κ3) is 4.30. The number of benzene rings is 1. The summed E-state index contributed by atoms with van der Waals surface area (Å²) in [4.78, 5) is 35.6. The van der Waals surface area contributed by atoms with Crippen LogP contribution in [-0.2, 0) is 9.59 Å². The van der Waals surface area contributed by atoms with Crippen molar-refractivity contribution in [2.75, 3.05) is 0 Å². The van der Waals surface area contributed by atoms with Gasteiger partial charge in [-0.05, 0) is 56.9 Å². The van der Waals surface area contributed by atoms with E-state index >= 15 is 0 Å². The van der Waals surface area contributed by atoms with Crippen LogP contribution >= 0.6 is 0 Å². The van der Waals surface area contributed by atoms with Crippen molar-refractivity contribution >= 4 is 22.8 Å². The number of hydrogen-bond acceptors (Lipinski definition) is 5. The monoisotopic (exact) mass is 375 g/mol. The van der Waals surface area contributed by atoms with Crippen LogP contribution in [0.2, 0.25) is 0 Å². The van der Waals surface area contributed by atoms with Gasteiger partial charge in [-0.15, -0.1) is 0 Å². The largest absolute Gasteiger partial charge is 0.480 e. The number of carboxylic acid groups (broad SMARTS) is 1. The van der Waals surface area contributed by atoms with Crippen LogP contribution in [0, 0.1) is 26.7 Å². The van der Waals surface area contributed by atoms with Gasteiger partial charge in [0.25, 0.3) is 5.91 Å². The van der Waals surface area contributed by atoms with Crippen molar-refractivity contribution in [3.05, 3.63) is 39.2 Å². The van der Waals surface area contributed by atoms with Crippen molar-refractivity contribution in [3.63, 3.8) is 0 Å². The smallest absolute Gasteiger partial charge is 0.339 e. The molecule has 1 unspecified atom stereocenters. The molecule has 2 aromatic rings. The Labute approximate surface area is 157 Å². The van der Waals surface area contributed by atoms with Gasteiger partial charge >= 0.3 is 11.6 Å². The highest BCUT2D eigenvalue weighted by Crippen LogP contribution is 2.31. The van der Waals surface area contributed by atoms with Crippen LogP contribution in [0.5, 0.6) is 5.75 Å². The maximum atomic E-state index is 12.4. The number of aliphatic carboxylic acids is 1. The second-order valence-corrected chi connectivity index (χ2v) is 7.10. The van der Waals surface area contributed by atoms with Crippen molar-refractivity contribution in [2.45, 2.75) is 53.7 Å². The van der Waals surface area contributed by atoms with Crippen LogP contribution in [0.15, 0.2) is 21.3 Å². The first kappa shape index (κ1) is 20.5. The van der Waals surface area contributed by atoms with Gasteiger partial charge in [0, 0.05) is 5.56 Å². The molecule has 1 amide bonds. The first-order valence-electron chi connectivity index (χ1n) is 8.77. The van der Waals surface area contributed by atoms with Crippen LogP contribution in [0.3, 0.4) is 0 Å². The summed E-state index contributed by atoms with van der Waals surface area (Å²) in [5.74, 6) is -1.48. The zero-order valence-corrected chi connectivity index (χ0v) is 16.4. The van der Waals surface area contributed by atoms with Crippen molar-refractivity contribution in [2.24, 2.45) is 5.92 Å². The molecule has 0 saturated heterocycles. The number of amides is 1. The van der Waals surface area contributed by atoms with Gasteiger partial charge in [0.1, 0.15) is 17.4 Å². The molecule has 0 radical (unpaired) electrons. The lowest BCUT2D eigenvalue weighted by Crippen LogP contribution is -2.48. The third-order valence-corrected chi connectivity index (χ3v) is 4.56. The summed E-state index contributed by atoms with van der Waals surface area (Å²) in [5.41, 5.74) is 1.97. The minimum atomic E-state index is -1.10. The van der Waals surface area contributed by atoms with E-state index in [2.05, 4.69) is 5.32 Å². The highest BCUT2D eigenvalue weighted by atomic mass is 16.5. The maximum Gasteiger partial charge on any atom is 0.339 e. The van der Waals surface area contributed by atoms with E-state index in [1.807, 2.05) is 6.92 Å². The van der Waals surface area contributed by atoms with Gasteiger partial charge in [0.2, 0.25) is 0 Å². The molecule has 146 valence electrons. The fourth-order valence-corrected chi connectivity index (χ4v) is 2.81. The number of hydrogen-bond donors (Lipinski definition) is 2. The van der Waals surface area contributed by atoms with Crippen LogP contribution in [0.1, 0.15) is 37.5 Å². The minimum absolute atomic E-state index is 0.266. The van der Waals surface area contributed by atoms with E-state index in [0.29, 0.717) is 22.3 Å². The molecule has 2 rings (SSSR count). The lowest BCUT2D eigenvalue weighted by atomic mass is 10.0. The van der Waals surface area contributed by atoms with E-state index in [1.54, 1.807) is 46.8 Å². The summed E-state index contributed by atoms with van der Waals surface area (Å²) in [5, 5.41) is 12.4. The molecule has 1 aromatic carbocycles. The van der Waals surface area contributed by atoms with Gasteiger partial charge in [0.15, 0.2) is 6.10 Å². The van der Waals surface area contributed by atoms with E-state index in [9.17, 15) is 19.5 Å². The Morgan fingerprint density at radius 2 is 1.74 bits per heavy atom. The number of rotatable bonds is 6. The first-order valence-corrected chi connectivity index (χ1v) is 8.77. The fraction of sp³-hybridized carbons (Fsp3) is 0.450. The molecule has 27 heavy (non-hydrogen) atoms. The Bertz CT molecular complexity index is 944. The van der Waals surface area contributed by atoms with Crippen molar-refractivity contribution in [3.8, 4) is 5.75 Å². The molecule has 0 fully saturated rings. The summed E-state index contributed by atoms with van der Waals surface area (Å²) < 4.78 is 11.2. The highest BCUT2D eigenvalue weighted by Gasteiger charge is 2.27. The fourth-order valence-electron chi connectivity index (χ4n) is 2.81. The second-order valence-electron chi connectivity index (χ2n) is 7.10. The van der Waals surface area contributed by atoms with Gasteiger partial charge in [0.05, 0.1) is 5.39 Å². The average molecular weight is 375 g/mol. The summed E-state index contributed by atoms with van der Waals surface area (Å²) in [7, 11) is 0. The van der Waals surface area contributed by atoms with E-state index in [0.717, 1.165) is 11.1 Å². The molecule has 7 nitrogen and oxygen atoms in total. The molecule has 0 saturated carbocycles. The molecule has 1 aromatic heterocycles. The van der Waals surface area contributed by atoms with Gasteiger partial charge in [-0.25, -0.2) is 9.59 Å². The molecule has 0 aliphatic carbocycles. The summed E-state index contributed by atoms with van der Waals surface area (Å²) in [6.07, 6.45) is -0.928. The van der Waals surface area contributed by atoms with E-state index < -0.39 is 29.6 Å². The Hall–Kier alpha value is -2.83. The van der Waals surface area contributed by atoms with Crippen LogP contribution < -0.4 is 15.7 Å². The van der Waals surface area contributed by atoms with Crippen molar-refractivity contribution in [1.82, 2.24) is 5.32 Å². The lowest BCUT2D eigenvalue weighted by molar-refractivity contribution is -0.144. The number of carboxylic acids is 1. The number of carbonyl (C=O) groups is 2. The Balaban J connectivity index is 2.37. The molecule has 0 bridgehead atoms. The van der Waals surface area contributed by atoms with Crippen molar-refractivity contribution < 1.29 is 23.8 Å². The molecule has 1 heterocycles. The Morgan fingerprint density at radius 3 is 2.30 bits per heavy atom. The topological polar surface area (TPSA) is 106 Å². The van der Waals surface area contributed by atoms with E-state index in [-0.39, 0.29) is 5.92 Å². The lowest BCUT2D eigenvalue weighted by Gasteiger charge is -2.22. The predicted molar refractivity (Wildman–Crippen MR) is 101 cm³/mol. The van der Waals surface area contributed by atoms with E-state index in [4.69, 9.17) is 9.15 Å². The molecule has 7 heteroatoms. The second kappa shape index (κ2) is 7.82. The first-order chi connectivity index (χ1) is 12.5. The van der Waals surface area contributed by atoms with Crippen LogP contribution in [0.25, 0.3) is 11.0 Å². The minimum Gasteiger partial charge on any atom is -0.480 e. The van der Waals surface area contributed by atoms with Gasteiger partial charge in [-0.3, -0.25) is 4.79 Å². The number of fused-ring (bicyclic) bond motifs is 1. The SMILES string of the molecule is Cc1cc(OC(C)C(=O)N[C@H](C(=O)O)C(C)C)c2c(C)c(C)c(=O)oc2c1. The molecular formula is C20H25NO6. The molecule has 0 spiro atoms. The van der Waals surface area contributed by atoms with Crippen molar-refractivity contribution in [1.29, 1.82) is 0 Å². The quantitative estimate of drug-likeness (QED) is 0.752. The van der Waals surface area contributed by atoms with Gasteiger partial charge in [-0.2, -0.15) is 0 Å². The standard InChI is InChI=1S/C20H25NO6/c1-9(2)17(19(23)24)21-18(22)13(6)26-14-7-10(3)8-15-16(14)11(4)12(5)20(25)27-15/h7-9,13,17H,1-6H3,(H,21,22)(H,23,24)/t13?,17-/m0/s1. The maximum absolute atomic E-state index is 12.4. The summed E-state index contributed by atoms with van der Waals surface area (Å²) >= 11 is 0. The number of nitrogens with one attached hydrogen (secondary N) is 1. The zero-order chi connectivity index (χ0) is 20.5. The number of ether oxygens (including phenoxy) is 1. The van der Waals surface area contributed by atoms with Crippen LogP contribution in [-0.4, -0.2) is 29.1 Å². The predicted octanol–water partition coefficient (Wildman–Crippen LogP) is 2.71. The average Bonchev–Trinajstić information content (AvgIpc) is 2.56.